The first-order chi connectivity index (χ1) is 9.71. The molecule has 0 saturated carbocycles. The molecule has 0 aliphatic heterocycles. The minimum atomic E-state index is -4.74. The summed E-state index contributed by atoms with van der Waals surface area (Å²) in [5.74, 6) is -0.998. The van der Waals surface area contributed by atoms with Crippen LogP contribution in [0.25, 0.3) is 0 Å². The number of carbonyl (C=O) groups excluding carboxylic acids is 1. The Morgan fingerprint density at radius 2 is 1.86 bits per heavy atom. The van der Waals surface area contributed by atoms with Crippen LogP contribution in [0.2, 0.25) is 0 Å². The molecule has 0 aliphatic rings. The minimum Gasteiger partial charge on any atom is -0.469 e. The van der Waals surface area contributed by atoms with Crippen molar-refractivity contribution in [1.82, 2.24) is 0 Å². The Morgan fingerprint density at radius 3 is 2.33 bits per heavy atom. The molecule has 0 saturated heterocycles. The second kappa shape index (κ2) is 7.44. The Kier molecular flexibility index (Phi) is 6.19. The van der Waals surface area contributed by atoms with Crippen molar-refractivity contribution in [3.05, 3.63) is 29.8 Å². The van der Waals surface area contributed by atoms with Gasteiger partial charge in [0.25, 0.3) is 0 Å². The summed E-state index contributed by atoms with van der Waals surface area (Å²) in [5, 5.41) is 0. The van der Waals surface area contributed by atoms with Crippen LogP contribution in [0.15, 0.2) is 24.3 Å². The summed E-state index contributed by atoms with van der Waals surface area (Å²) in [4.78, 5) is 11.2. The van der Waals surface area contributed by atoms with Gasteiger partial charge in [-0.2, -0.15) is 0 Å². The lowest BCUT2D eigenvalue weighted by Crippen LogP contribution is -2.20. The quantitative estimate of drug-likeness (QED) is 0.755. The topological polar surface area (TPSA) is 52.6 Å². The fourth-order valence-electron chi connectivity index (χ4n) is 1.58. The molecule has 2 unspecified atom stereocenters. The highest BCUT2D eigenvalue weighted by Gasteiger charge is 2.30. The number of rotatable bonds is 6. The zero-order valence-electron chi connectivity index (χ0n) is 11.5. The molecule has 0 bridgehead atoms. The molecular formula is C13H15F3O4S. The standard InChI is InChI=1S/C13H15F3O4S/c1-9(12(17)19-2)7-21(18)8-10-3-5-11(6-4-10)20-13(14,15)16/h3-6,9H,7-8H2,1-2H3. The highest BCUT2D eigenvalue weighted by molar-refractivity contribution is 7.84. The Labute approximate surface area is 122 Å². The van der Waals surface area contributed by atoms with Crippen LogP contribution in [0.3, 0.4) is 0 Å². The second-order valence-corrected chi connectivity index (χ2v) is 5.87. The van der Waals surface area contributed by atoms with Gasteiger partial charge in [-0.1, -0.05) is 19.1 Å². The van der Waals surface area contributed by atoms with Gasteiger partial charge in [0, 0.05) is 22.3 Å². The molecule has 0 fully saturated rings. The molecule has 1 aromatic rings. The predicted molar refractivity (Wildman–Crippen MR) is 71.0 cm³/mol. The summed E-state index contributed by atoms with van der Waals surface area (Å²) in [7, 11) is -0.0617. The lowest BCUT2D eigenvalue weighted by molar-refractivity contribution is -0.274. The van der Waals surface area contributed by atoms with Crippen molar-refractivity contribution in [2.24, 2.45) is 5.92 Å². The minimum absolute atomic E-state index is 0.132. The van der Waals surface area contributed by atoms with Crippen molar-refractivity contribution in [2.75, 3.05) is 12.9 Å². The van der Waals surface area contributed by atoms with Crippen molar-refractivity contribution in [3.63, 3.8) is 0 Å². The maximum absolute atomic E-state index is 12.0. The van der Waals surface area contributed by atoms with Crippen molar-refractivity contribution in [3.8, 4) is 5.75 Å². The van der Waals surface area contributed by atoms with E-state index in [9.17, 15) is 22.2 Å². The number of hydrogen-bond donors (Lipinski definition) is 0. The summed E-state index contributed by atoms with van der Waals surface area (Å²) >= 11 is 0. The Morgan fingerprint density at radius 1 is 1.29 bits per heavy atom. The number of hydrogen-bond acceptors (Lipinski definition) is 4. The number of ether oxygens (including phenoxy) is 2. The van der Waals surface area contributed by atoms with E-state index in [-0.39, 0.29) is 17.3 Å². The fraction of sp³-hybridized carbons (Fsp3) is 0.462. The SMILES string of the molecule is COC(=O)C(C)CS(=O)Cc1ccc(OC(F)(F)F)cc1. The monoisotopic (exact) mass is 324 g/mol. The molecule has 0 aromatic heterocycles. The van der Waals surface area contributed by atoms with E-state index in [2.05, 4.69) is 9.47 Å². The van der Waals surface area contributed by atoms with Gasteiger partial charge < -0.3 is 9.47 Å². The van der Waals surface area contributed by atoms with Crippen molar-refractivity contribution in [1.29, 1.82) is 0 Å². The van der Waals surface area contributed by atoms with Crippen molar-refractivity contribution >= 4 is 16.8 Å². The van der Waals surface area contributed by atoms with Crippen LogP contribution in [0, 0.1) is 5.92 Å². The number of methoxy groups -OCH3 is 1. The van der Waals surface area contributed by atoms with Crippen LogP contribution in [-0.2, 0) is 26.1 Å². The van der Waals surface area contributed by atoms with E-state index in [1.165, 1.54) is 19.2 Å². The van der Waals surface area contributed by atoms with Crippen LogP contribution in [0.4, 0.5) is 13.2 Å². The summed E-state index contributed by atoms with van der Waals surface area (Å²) in [6.45, 7) is 1.60. The Bertz CT molecular complexity index is 499. The first-order valence-electron chi connectivity index (χ1n) is 5.98. The van der Waals surface area contributed by atoms with Crippen LogP contribution in [0.1, 0.15) is 12.5 Å². The molecule has 1 aromatic carbocycles. The Balaban J connectivity index is 2.56. The van der Waals surface area contributed by atoms with E-state index < -0.39 is 29.0 Å². The number of esters is 1. The van der Waals surface area contributed by atoms with Gasteiger partial charge in [0.2, 0.25) is 0 Å². The third kappa shape index (κ3) is 6.61. The molecule has 1 rings (SSSR count). The molecule has 0 radical (unpaired) electrons. The van der Waals surface area contributed by atoms with E-state index in [0.717, 1.165) is 12.1 Å². The fourth-order valence-corrected chi connectivity index (χ4v) is 2.96. The maximum atomic E-state index is 12.0. The van der Waals surface area contributed by atoms with Gasteiger partial charge >= 0.3 is 12.3 Å². The zero-order valence-corrected chi connectivity index (χ0v) is 12.3. The highest BCUT2D eigenvalue weighted by Crippen LogP contribution is 2.23. The average Bonchev–Trinajstić information content (AvgIpc) is 2.38. The first kappa shape index (κ1) is 17.5. The molecule has 0 heterocycles. The largest absolute Gasteiger partial charge is 0.573 e. The molecule has 8 heteroatoms. The van der Waals surface area contributed by atoms with Gasteiger partial charge in [0.05, 0.1) is 13.0 Å². The summed E-state index contributed by atoms with van der Waals surface area (Å²) in [5.41, 5.74) is 0.597. The molecule has 4 nitrogen and oxygen atoms in total. The molecule has 0 amide bonds. The van der Waals surface area contributed by atoms with E-state index in [1.54, 1.807) is 6.92 Å². The van der Waals surface area contributed by atoms with Gasteiger partial charge in [0.1, 0.15) is 5.75 Å². The predicted octanol–water partition coefficient (Wildman–Crippen LogP) is 2.64. The first-order valence-corrected chi connectivity index (χ1v) is 7.47. The lowest BCUT2D eigenvalue weighted by atomic mass is 10.2. The Hall–Kier alpha value is -1.57. The van der Waals surface area contributed by atoms with Crippen molar-refractivity contribution in [2.45, 2.75) is 19.0 Å². The summed E-state index contributed by atoms with van der Waals surface area (Å²) in [6, 6.07) is 5.12. The summed E-state index contributed by atoms with van der Waals surface area (Å²) in [6.07, 6.45) is -4.74. The average molecular weight is 324 g/mol. The molecule has 0 aliphatic carbocycles. The highest BCUT2D eigenvalue weighted by atomic mass is 32.2. The smallest absolute Gasteiger partial charge is 0.469 e. The second-order valence-electron chi connectivity index (χ2n) is 4.37. The van der Waals surface area contributed by atoms with E-state index in [4.69, 9.17) is 0 Å². The molecule has 118 valence electrons. The number of halogens is 3. The number of carbonyl (C=O) groups is 1. The zero-order chi connectivity index (χ0) is 16.0. The van der Waals surface area contributed by atoms with E-state index in [0.29, 0.717) is 5.56 Å². The van der Waals surface area contributed by atoms with Crippen LogP contribution < -0.4 is 4.74 Å². The van der Waals surface area contributed by atoms with E-state index >= 15 is 0 Å². The molecule has 0 N–H and O–H groups in total. The van der Waals surface area contributed by atoms with Gasteiger partial charge in [-0.25, -0.2) is 0 Å². The van der Waals surface area contributed by atoms with E-state index in [1.807, 2.05) is 0 Å². The van der Waals surface area contributed by atoms with Gasteiger partial charge in [-0.05, 0) is 17.7 Å². The van der Waals surface area contributed by atoms with Crippen LogP contribution >= 0.6 is 0 Å². The third-order valence-corrected chi connectivity index (χ3v) is 4.05. The van der Waals surface area contributed by atoms with Crippen molar-refractivity contribution < 1.29 is 31.6 Å². The number of benzene rings is 1. The van der Waals surface area contributed by atoms with Gasteiger partial charge in [-0.3, -0.25) is 9.00 Å². The molecule has 0 spiro atoms. The maximum Gasteiger partial charge on any atom is 0.573 e. The number of alkyl halides is 3. The molecular weight excluding hydrogens is 309 g/mol. The third-order valence-electron chi connectivity index (χ3n) is 2.52. The van der Waals surface area contributed by atoms with Crippen LogP contribution in [-0.4, -0.2) is 29.4 Å². The molecule has 21 heavy (non-hydrogen) atoms. The van der Waals surface area contributed by atoms with Gasteiger partial charge in [-0.15, -0.1) is 13.2 Å². The summed E-state index contributed by atoms with van der Waals surface area (Å²) < 4.78 is 56.1. The lowest BCUT2D eigenvalue weighted by Gasteiger charge is -2.10. The van der Waals surface area contributed by atoms with Gasteiger partial charge in [0.15, 0.2) is 0 Å². The molecule has 2 atom stereocenters. The van der Waals surface area contributed by atoms with Crippen LogP contribution in [0.5, 0.6) is 5.75 Å². The normalized spacial score (nSPS) is 14.3.